The number of alkyl halides is 3. The number of hydrogen-bond acceptors (Lipinski definition) is 3. The Morgan fingerprint density at radius 1 is 1.33 bits per heavy atom. The molecule has 0 aliphatic carbocycles. The normalized spacial score (nSPS) is 12.2. The summed E-state index contributed by atoms with van der Waals surface area (Å²) in [7, 11) is -3.44. The van der Waals surface area contributed by atoms with Gasteiger partial charge in [-0.3, -0.25) is 4.79 Å². The van der Waals surface area contributed by atoms with Crippen molar-refractivity contribution in [3.05, 3.63) is 29.3 Å². The Hall–Kier alpha value is -1.28. The number of benzene rings is 1. The van der Waals surface area contributed by atoms with Crippen LogP contribution in [-0.4, -0.2) is 39.1 Å². The molecule has 0 fully saturated rings. The minimum Gasteiger partial charge on any atom is -0.303 e. The van der Waals surface area contributed by atoms with Crippen molar-refractivity contribution in [3.8, 4) is 0 Å². The Bertz CT molecular complexity index is 616. The zero-order valence-corrected chi connectivity index (χ0v) is 12.6. The van der Waals surface area contributed by atoms with Crippen LogP contribution in [0.3, 0.4) is 0 Å². The Morgan fingerprint density at radius 2 is 1.95 bits per heavy atom. The van der Waals surface area contributed by atoms with E-state index in [9.17, 15) is 26.4 Å². The van der Waals surface area contributed by atoms with Crippen LogP contribution in [0.15, 0.2) is 24.3 Å². The maximum Gasteiger partial charge on any atom is 0.406 e. The molecule has 4 nitrogen and oxygen atoms in total. The molecular weight excluding hydrogens is 331 g/mol. The van der Waals surface area contributed by atoms with Crippen molar-refractivity contribution in [1.82, 2.24) is 0 Å². The van der Waals surface area contributed by atoms with Crippen LogP contribution in [0.5, 0.6) is 0 Å². The average Bonchev–Trinajstić information content (AvgIpc) is 2.31. The molecule has 9 heteroatoms. The fraction of sp³-hybridized carbons (Fsp3) is 0.417. The summed E-state index contributed by atoms with van der Waals surface area (Å²) in [5.74, 6) is -1.44. The summed E-state index contributed by atoms with van der Waals surface area (Å²) >= 11 is 5.70. The third kappa shape index (κ3) is 6.81. The van der Waals surface area contributed by atoms with Gasteiger partial charge in [0.15, 0.2) is 0 Å². The molecule has 1 aromatic rings. The van der Waals surface area contributed by atoms with E-state index >= 15 is 0 Å². The SMILES string of the molecule is CS(=O)(=O)CCC(=O)N(CC(F)(F)F)c1cccc(Cl)c1. The minimum atomic E-state index is -4.61. The summed E-state index contributed by atoms with van der Waals surface area (Å²) in [6.45, 7) is -1.50. The fourth-order valence-corrected chi connectivity index (χ4v) is 2.28. The monoisotopic (exact) mass is 343 g/mol. The molecule has 0 spiro atoms. The molecule has 1 amide bonds. The average molecular weight is 344 g/mol. The molecule has 0 saturated carbocycles. The van der Waals surface area contributed by atoms with Gasteiger partial charge >= 0.3 is 6.18 Å². The Kier molecular flexibility index (Phi) is 5.63. The number of sulfone groups is 1. The van der Waals surface area contributed by atoms with Gasteiger partial charge in [-0.05, 0) is 18.2 Å². The van der Waals surface area contributed by atoms with Crippen molar-refractivity contribution >= 4 is 33.0 Å². The molecule has 0 aliphatic heterocycles. The maximum atomic E-state index is 12.6. The van der Waals surface area contributed by atoms with Crippen LogP contribution in [-0.2, 0) is 14.6 Å². The number of amides is 1. The highest BCUT2D eigenvalue weighted by Gasteiger charge is 2.34. The topological polar surface area (TPSA) is 54.5 Å². The largest absolute Gasteiger partial charge is 0.406 e. The van der Waals surface area contributed by atoms with Crippen molar-refractivity contribution in [1.29, 1.82) is 0 Å². The number of carbonyl (C=O) groups excluding carboxylic acids is 1. The molecule has 1 aromatic carbocycles. The summed E-state index contributed by atoms with van der Waals surface area (Å²) in [4.78, 5) is 12.4. The van der Waals surface area contributed by atoms with E-state index < -0.39 is 40.6 Å². The predicted octanol–water partition coefficient (Wildman–Crippen LogP) is 2.67. The predicted molar refractivity (Wildman–Crippen MR) is 74.2 cm³/mol. The first-order valence-electron chi connectivity index (χ1n) is 5.78. The molecule has 0 radical (unpaired) electrons. The smallest absolute Gasteiger partial charge is 0.303 e. The van der Waals surface area contributed by atoms with Gasteiger partial charge in [-0.15, -0.1) is 0 Å². The van der Waals surface area contributed by atoms with Crippen molar-refractivity contribution in [3.63, 3.8) is 0 Å². The summed E-state index contributed by atoms with van der Waals surface area (Å²) in [6.07, 6.45) is -4.22. The first kappa shape index (κ1) is 17.8. The minimum absolute atomic E-state index is 0.0293. The third-order valence-corrected chi connectivity index (χ3v) is 3.63. The van der Waals surface area contributed by atoms with Gasteiger partial charge in [-0.25, -0.2) is 8.42 Å². The number of rotatable bonds is 5. The molecule has 0 N–H and O–H groups in total. The summed E-state index contributed by atoms with van der Waals surface area (Å²) in [6, 6.07) is 5.38. The molecule has 0 unspecified atom stereocenters. The Balaban J connectivity index is 3.00. The van der Waals surface area contributed by atoms with Crippen molar-refractivity contribution in [2.45, 2.75) is 12.6 Å². The van der Waals surface area contributed by atoms with Crippen LogP contribution >= 0.6 is 11.6 Å². The quantitative estimate of drug-likeness (QED) is 0.826. The zero-order valence-electron chi connectivity index (χ0n) is 11.0. The number of anilines is 1. The number of halogens is 4. The van der Waals surface area contributed by atoms with Gasteiger partial charge in [-0.2, -0.15) is 13.2 Å². The third-order valence-electron chi connectivity index (χ3n) is 2.45. The molecule has 1 rings (SSSR count). The fourth-order valence-electron chi connectivity index (χ4n) is 1.55. The van der Waals surface area contributed by atoms with Crippen LogP contribution in [0.1, 0.15) is 6.42 Å². The summed E-state index contributed by atoms with van der Waals surface area (Å²) < 4.78 is 59.8. The number of carbonyl (C=O) groups is 1. The second kappa shape index (κ2) is 6.65. The lowest BCUT2D eigenvalue weighted by molar-refractivity contribution is -0.132. The van der Waals surface area contributed by atoms with E-state index in [1.165, 1.54) is 24.3 Å². The van der Waals surface area contributed by atoms with Gasteiger partial charge in [-0.1, -0.05) is 17.7 Å². The van der Waals surface area contributed by atoms with Crippen molar-refractivity contribution in [2.24, 2.45) is 0 Å². The van der Waals surface area contributed by atoms with E-state index in [-0.39, 0.29) is 10.7 Å². The first-order valence-corrected chi connectivity index (χ1v) is 8.22. The van der Waals surface area contributed by atoms with Crippen LogP contribution in [0.2, 0.25) is 5.02 Å². The van der Waals surface area contributed by atoms with Gasteiger partial charge in [0.2, 0.25) is 5.91 Å². The summed E-state index contributed by atoms with van der Waals surface area (Å²) in [5, 5.41) is 0.176. The molecular formula is C12H13ClF3NO3S. The van der Waals surface area contributed by atoms with E-state index in [2.05, 4.69) is 0 Å². The Morgan fingerprint density at radius 3 is 2.43 bits per heavy atom. The molecule has 0 saturated heterocycles. The van der Waals surface area contributed by atoms with E-state index in [0.717, 1.165) is 6.26 Å². The van der Waals surface area contributed by atoms with E-state index in [4.69, 9.17) is 11.6 Å². The summed E-state index contributed by atoms with van der Waals surface area (Å²) in [5.41, 5.74) is -0.0293. The van der Waals surface area contributed by atoms with Crippen LogP contribution in [0.4, 0.5) is 18.9 Å². The highest BCUT2D eigenvalue weighted by atomic mass is 35.5. The molecule has 0 heterocycles. The second-order valence-corrected chi connectivity index (χ2v) is 7.15. The van der Waals surface area contributed by atoms with Crippen LogP contribution in [0.25, 0.3) is 0 Å². The van der Waals surface area contributed by atoms with Crippen molar-refractivity contribution in [2.75, 3.05) is 23.5 Å². The number of hydrogen-bond donors (Lipinski definition) is 0. The molecule has 0 aromatic heterocycles. The number of nitrogens with zero attached hydrogens (tertiary/aromatic N) is 1. The van der Waals surface area contributed by atoms with E-state index in [0.29, 0.717) is 4.90 Å². The van der Waals surface area contributed by atoms with Crippen molar-refractivity contribution < 1.29 is 26.4 Å². The standard InChI is InChI=1S/C12H13ClF3NO3S/c1-21(19,20)6-5-11(18)17(8-12(14,15)16)10-4-2-3-9(13)7-10/h2-4,7H,5-6,8H2,1H3. The zero-order chi connectivity index (χ0) is 16.3. The van der Waals surface area contributed by atoms with Gasteiger partial charge in [0.1, 0.15) is 16.4 Å². The molecule has 118 valence electrons. The van der Waals surface area contributed by atoms with Crippen LogP contribution < -0.4 is 4.90 Å². The van der Waals surface area contributed by atoms with E-state index in [1.54, 1.807) is 0 Å². The highest BCUT2D eigenvalue weighted by Crippen LogP contribution is 2.25. The lowest BCUT2D eigenvalue weighted by atomic mass is 10.2. The van der Waals surface area contributed by atoms with Gasteiger partial charge in [0.05, 0.1) is 5.75 Å². The molecule has 21 heavy (non-hydrogen) atoms. The van der Waals surface area contributed by atoms with Gasteiger partial charge in [0.25, 0.3) is 0 Å². The van der Waals surface area contributed by atoms with E-state index in [1.807, 2.05) is 0 Å². The highest BCUT2D eigenvalue weighted by molar-refractivity contribution is 7.90. The molecule has 0 atom stereocenters. The lowest BCUT2D eigenvalue weighted by Gasteiger charge is -2.24. The second-order valence-electron chi connectivity index (χ2n) is 4.45. The first-order chi connectivity index (χ1) is 9.48. The van der Waals surface area contributed by atoms with Crippen LogP contribution in [0, 0.1) is 0 Å². The Labute approximate surface area is 125 Å². The molecule has 0 aliphatic rings. The van der Waals surface area contributed by atoms with Gasteiger partial charge < -0.3 is 4.90 Å². The lowest BCUT2D eigenvalue weighted by Crippen LogP contribution is -2.39. The van der Waals surface area contributed by atoms with Gasteiger partial charge in [0, 0.05) is 23.4 Å². The maximum absolute atomic E-state index is 12.6. The molecule has 0 bridgehead atoms.